The number of halogens is 1. The maximum absolute atomic E-state index is 14.8. The molecule has 0 saturated carbocycles. The van der Waals surface area contributed by atoms with Crippen molar-refractivity contribution in [2.45, 2.75) is 12.2 Å². The zero-order valence-corrected chi connectivity index (χ0v) is 11.0. The predicted octanol–water partition coefficient (Wildman–Crippen LogP) is 0.873. The molecular formula is C14H13FN2O4. The van der Waals surface area contributed by atoms with Gasteiger partial charge in [-0.05, 0) is 5.56 Å². The highest BCUT2D eigenvalue weighted by molar-refractivity contribution is 6.10. The maximum Gasteiger partial charge on any atom is 0.407 e. The summed E-state index contributed by atoms with van der Waals surface area (Å²) >= 11 is 0. The molecule has 1 aromatic rings. The zero-order valence-electron chi connectivity index (χ0n) is 11.0. The van der Waals surface area contributed by atoms with Gasteiger partial charge in [0.15, 0.2) is 0 Å². The molecule has 2 aliphatic rings. The first-order valence-corrected chi connectivity index (χ1v) is 6.50. The van der Waals surface area contributed by atoms with Crippen LogP contribution in [0, 0.1) is 5.92 Å². The second-order valence-corrected chi connectivity index (χ2v) is 5.29. The molecule has 2 saturated heterocycles. The first kappa shape index (κ1) is 13.5. The minimum atomic E-state index is -2.43. The molecule has 3 amide bonds. The Kier molecular flexibility index (Phi) is 2.93. The number of imide groups is 1. The first-order valence-electron chi connectivity index (χ1n) is 6.50. The van der Waals surface area contributed by atoms with Crippen LogP contribution in [-0.4, -0.2) is 51.6 Å². The van der Waals surface area contributed by atoms with Crippen molar-refractivity contribution < 1.29 is 23.9 Å². The molecule has 6 nitrogen and oxygen atoms in total. The van der Waals surface area contributed by atoms with Crippen molar-refractivity contribution in [1.82, 2.24) is 9.80 Å². The Labute approximate surface area is 119 Å². The SMILES string of the molecule is O=C(O)N1CC2C(=O)N(Cc3ccccc3)C(=O)C2(F)C1. The van der Waals surface area contributed by atoms with Crippen LogP contribution in [0.4, 0.5) is 9.18 Å². The van der Waals surface area contributed by atoms with Crippen LogP contribution in [0.5, 0.6) is 0 Å². The molecule has 0 spiro atoms. The fraction of sp³-hybridized carbons (Fsp3) is 0.357. The van der Waals surface area contributed by atoms with E-state index in [0.29, 0.717) is 0 Å². The fourth-order valence-electron chi connectivity index (χ4n) is 2.88. The highest BCUT2D eigenvalue weighted by Gasteiger charge is 2.65. The third-order valence-electron chi connectivity index (χ3n) is 4.00. The number of rotatable bonds is 2. The number of carboxylic acid groups (broad SMARTS) is 1. The lowest BCUT2D eigenvalue weighted by molar-refractivity contribution is -0.143. The van der Waals surface area contributed by atoms with Crippen LogP contribution in [0.15, 0.2) is 30.3 Å². The van der Waals surface area contributed by atoms with Gasteiger partial charge in [0.2, 0.25) is 11.6 Å². The van der Waals surface area contributed by atoms with Crippen LogP contribution in [-0.2, 0) is 16.1 Å². The Hall–Kier alpha value is -2.44. The second kappa shape index (κ2) is 4.54. The van der Waals surface area contributed by atoms with Gasteiger partial charge in [0.1, 0.15) is 5.92 Å². The summed E-state index contributed by atoms with van der Waals surface area (Å²) in [6, 6.07) is 8.80. The third kappa shape index (κ3) is 1.96. The lowest BCUT2D eigenvalue weighted by Crippen LogP contribution is -2.43. The molecule has 21 heavy (non-hydrogen) atoms. The standard InChI is InChI=1S/C14H13FN2O4/c15-14-8-16(13(20)21)7-10(14)11(18)17(12(14)19)6-9-4-2-1-3-5-9/h1-5,10H,6-8H2,(H,20,21). The average molecular weight is 292 g/mol. The van der Waals surface area contributed by atoms with Gasteiger partial charge in [-0.1, -0.05) is 30.3 Å². The molecule has 3 rings (SSSR count). The van der Waals surface area contributed by atoms with Crippen molar-refractivity contribution in [2.75, 3.05) is 13.1 Å². The van der Waals surface area contributed by atoms with Crippen molar-refractivity contribution in [3.05, 3.63) is 35.9 Å². The predicted molar refractivity (Wildman–Crippen MR) is 68.9 cm³/mol. The van der Waals surface area contributed by atoms with Gasteiger partial charge >= 0.3 is 6.09 Å². The molecule has 2 heterocycles. The number of nitrogens with zero attached hydrogens (tertiary/aromatic N) is 2. The minimum Gasteiger partial charge on any atom is -0.465 e. The maximum atomic E-state index is 14.8. The number of hydrogen-bond donors (Lipinski definition) is 1. The van der Waals surface area contributed by atoms with E-state index in [1.807, 2.05) is 0 Å². The Morgan fingerprint density at radius 2 is 2.00 bits per heavy atom. The second-order valence-electron chi connectivity index (χ2n) is 5.29. The van der Waals surface area contributed by atoms with Gasteiger partial charge in [-0.3, -0.25) is 14.5 Å². The number of carbonyl (C=O) groups excluding carboxylic acids is 2. The monoisotopic (exact) mass is 292 g/mol. The van der Waals surface area contributed by atoms with Gasteiger partial charge in [-0.2, -0.15) is 0 Å². The highest BCUT2D eigenvalue weighted by atomic mass is 19.1. The summed E-state index contributed by atoms with van der Waals surface area (Å²) in [5.41, 5.74) is -1.71. The summed E-state index contributed by atoms with van der Waals surface area (Å²) in [6.07, 6.45) is -1.32. The average Bonchev–Trinajstić information content (AvgIpc) is 2.90. The van der Waals surface area contributed by atoms with Crippen molar-refractivity contribution in [1.29, 1.82) is 0 Å². The first-order chi connectivity index (χ1) is 9.93. The summed E-state index contributed by atoms with van der Waals surface area (Å²) in [5, 5.41) is 8.88. The van der Waals surface area contributed by atoms with Crippen LogP contribution < -0.4 is 0 Å². The van der Waals surface area contributed by atoms with Gasteiger partial charge in [0.05, 0.1) is 13.1 Å². The van der Waals surface area contributed by atoms with Crippen molar-refractivity contribution >= 4 is 17.9 Å². The zero-order chi connectivity index (χ0) is 15.2. The molecule has 7 heteroatoms. The lowest BCUT2D eigenvalue weighted by atomic mass is 9.96. The van der Waals surface area contributed by atoms with E-state index in [9.17, 15) is 18.8 Å². The van der Waals surface area contributed by atoms with Crippen molar-refractivity contribution in [3.8, 4) is 0 Å². The Balaban J connectivity index is 1.84. The molecule has 2 fully saturated rings. The van der Waals surface area contributed by atoms with E-state index in [2.05, 4.69) is 0 Å². The van der Waals surface area contributed by atoms with E-state index in [1.165, 1.54) is 0 Å². The summed E-state index contributed by atoms with van der Waals surface area (Å²) in [5.74, 6) is -2.81. The van der Waals surface area contributed by atoms with Crippen molar-refractivity contribution in [3.63, 3.8) is 0 Å². The van der Waals surface area contributed by atoms with E-state index in [0.717, 1.165) is 15.4 Å². The van der Waals surface area contributed by atoms with Gasteiger partial charge in [-0.25, -0.2) is 9.18 Å². The van der Waals surface area contributed by atoms with E-state index in [-0.39, 0.29) is 13.1 Å². The summed E-state index contributed by atoms with van der Waals surface area (Å²) in [6.45, 7) is -0.849. The Morgan fingerprint density at radius 3 is 2.57 bits per heavy atom. The van der Waals surface area contributed by atoms with E-state index >= 15 is 0 Å². The van der Waals surface area contributed by atoms with Crippen LogP contribution in [0.1, 0.15) is 5.56 Å². The van der Waals surface area contributed by atoms with Crippen molar-refractivity contribution in [2.24, 2.45) is 5.92 Å². The number of amides is 3. The third-order valence-corrected chi connectivity index (χ3v) is 4.00. The smallest absolute Gasteiger partial charge is 0.407 e. The van der Waals surface area contributed by atoms with Gasteiger partial charge in [0.25, 0.3) is 5.91 Å². The number of likely N-dealkylation sites (tertiary alicyclic amines) is 2. The number of carbonyl (C=O) groups is 3. The normalized spacial score (nSPS) is 28.1. The lowest BCUT2D eigenvalue weighted by Gasteiger charge is -2.20. The van der Waals surface area contributed by atoms with Crippen LogP contribution >= 0.6 is 0 Å². The van der Waals surface area contributed by atoms with Crippen LogP contribution in [0.2, 0.25) is 0 Å². The Bertz CT molecular complexity index is 621. The van der Waals surface area contributed by atoms with Gasteiger partial charge in [-0.15, -0.1) is 0 Å². The molecule has 0 radical (unpaired) electrons. The molecule has 0 bridgehead atoms. The molecule has 2 aliphatic heterocycles. The molecule has 2 unspecified atom stereocenters. The molecule has 1 aromatic carbocycles. The van der Waals surface area contributed by atoms with E-state index in [4.69, 9.17) is 5.11 Å². The molecule has 0 aromatic heterocycles. The largest absolute Gasteiger partial charge is 0.465 e. The van der Waals surface area contributed by atoms with Gasteiger partial charge in [0, 0.05) is 6.54 Å². The summed E-state index contributed by atoms with van der Waals surface area (Å²) in [4.78, 5) is 37.0. The number of fused-ring (bicyclic) bond motifs is 1. The van der Waals surface area contributed by atoms with E-state index in [1.54, 1.807) is 30.3 Å². The molecular weight excluding hydrogens is 279 g/mol. The minimum absolute atomic E-state index is 0.00769. The summed E-state index contributed by atoms with van der Waals surface area (Å²) in [7, 11) is 0. The summed E-state index contributed by atoms with van der Waals surface area (Å²) < 4.78 is 14.8. The Morgan fingerprint density at radius 1 is 1.33 bits per heavy atom. The molecule has 2 atom stereocenters. The fourth-order valence-corrected chi connectivity index (χ4v) is 2.88. The molecule has 1 N–H and O–H groups in total. The molecule has 0 aliphatic carbocycles. The topological polar surface area (TPSA) is 77.9 Å². The molecule has 110 valence electrons. The van der Waals surface area contributed by atoms with Crippen LogP contribution in [0.3, 0.4) is 0 Å². The number of hydrogen-bond acceptors (Lipinski definition) is 3. The number of benzene rings is 1. The quantitative estimate of drug-likeness (QED) is 0.821. The number of alkyl halides is 1. The van der Waals surface area contributed by atoms with Crippen LogP contribution in [0.25, 0.3) is 0 Å². The van der Waals surface area contributed by atoms with E-state index < -0.39 is 36.0 Å². The van der Waals surface area contributed by atoms with Gasteiger partial charge < -0.3 is 10.0 Å². The highest BCUT2D eigenvalue weighted by Crippen LogP contribution is 2.40.